The maximum Gasteiger partial charge on any atom is 0.0970 e. The molecular formula is C68H44N2. The van der Waals surface area contributed by atoms with Crippen molar-refractivity contribution in [3.8, 4) is 89.0 Å². The summed E-state index contributed by atoms with van der Waals surface area (Å²) in [6, 6.07) is 92.9. The first-order valence-electron chi connectivity index (χ1n) is 24.0. The van der Waals surface area contributed by atoms with E-state index in [-0.39, 0.29) is 0 Å². The summed E-state index contributed by atoms with van der Waals surface area (Å²) in [7, 11) is 0. The van der Waals surface area contributed by atoms with Gasteiger partial charge in [0, 0.05) is 23.2 Å². The number of hydrogen-bond donors (Lipinski definition) is 0. The second-order valence-electron chi connectivity index (χ2n) is 18.0. The van der Waals surface area contributed by atoms with Crippen LogP contribution in [0.15, 0.2) is 267 Å². The molecule has 0 saturated carbocycles. The van der Waals surface area contributed by atoms with Gasteiger partial charge >= 0.3 is 0 Å². The van der Waals surface area contributed by atoms with Crippen LogP contribution in [-0.4, -0.2) is 9.97 Å². The van der Waals surface area contributed by atoms with Gasteiger partial charge in [-0.1, -0.05) is 218 Å². The Balaban J connectivity index is 1.05. The van der Waals surface area contributed by atoms with Crippen LogP contribution in [0.5, 0.6) is 0 Å². The molecule has 0 N–H and O–H groups in total. The lowest BCUT2D eigenvalue weighted by Gasteiger charge is -2.25. The van der Waals surface area contributed by atoms with Crippen LogP contribution in [0.4, 0.5) is 0 Å². The quantitative estimate of drug-likeness (QED) is 0.112. The molecule has 2 aromatic heterocycles. The minimum atomic E-state index is 0.916. The minimum Gasteiger partial charge on any atom is -0.254 e. The third-order valence-electron chi connectivity index (χ3n) is 13.9. The SMILES string of the molecule is c1ccc(-c2cc(-c3cccc(-c4c5ccccc5c(-c5cccc(-c6cc7cccnc7c7ncccc67)c5)c5ccccc45)c3)c(-c3ccccc3)c(-c3ccccc3)c2-c2ccccc2)cc1. The zero-order valence-corrected chi connectivity index (χ0v) is 38.3. The molecule has 0 fully saturated rings. The Morgan fingerprint density at radius 3 is 1.09 bits per heavy atom. The maximum atomic E-state index is 4.83. The highest BCUT2D eigenvalue weighted by Crippen LogP contribution is 2.51. The zero-order valence-electron chi connectivity index (χ0n) is 38.3. The molecular weight excluding hydrogens is 845 g/mol. The third kappa shape index (κ3) is 7.05. The number of nitrogens with zero attached hydrogens (tertiary/aromatic N) is 2. The highest BCUT2D eigenvalue weighted by molar-refractivity contribution is 6.22. The van der Waals surface area contributed by atoms with Gasteiger partial charge in [0.15, 0.2) is 0 Å². The number of hydrogen-bond acceptors (Lipinski definition) is 2. The Hall–Kier alpha value is -9.24. The molecule has 326 valence electrons. The molecule has 0 aliphatic heterocycles. The Bertz CT molecular complexity index is 4030. The molecule has 0 atom stereocenters. The predicted molar refractivity (Wildman–Crippen MR) is 296 cm³/mol. The second-order valence-corrected chi connectivity index (χ2v) is 18.0. The van der Waals surface area contributed by atoms with E-state index in [0.717, 1.165) is 38.5 Å². The summed E-state index contributed by atoms with van der Waals surface area (Å²) in [5, 5.41) is 7.01. The molecule has 13 rings (SSSR count). The van der Waals surface area contributed by atoms with Crippen LogP contribution in [0.3, 0.4) is 0 Å². The summed E-state index contributed by atoms with van der Waals surface area (Å²) in [6.07, 6.45) is 3.71. The number of pyridine rings is 2. The molecule has 2 heteroatoms. The summed E-state index contributed by atoms with van der Waals surface area (Å²) in [5.74, 6) is 0. The van der Waals surface area contributed by atoms with Crippen molar-refractivity contribution in [2.24, 2.45) is 0 Å². The van der Waals surface area contributed by atoms with Crippen molar-refractivity contribution in [3.63, 3.8) is 0 Å². The molecule has 0 saturated heterocycles. The van der Waals surface area contributed by atoms with Crippen molar-refractivity contribution in [2.45, 2.75) is 0 Å². The van der Waals surface area contributed by atoms with Gasteiger partial charge in [0.2, 0.25) is 0 Å². The molecule has 0 amide bonds. The highest BCUT2D eigenvalue weighted by atomic mass is 14.7. The van der Waals surface area contributed by atoms with Crippen molar-refractivity contribution in [1.82, 2.24) is 9.97 Å². The van der Waals surface area contributed by atoms with Crippen molar-refractivity contribution in [2.75, 3.05) is 0 Å². The van der Waals surface area contributed by atoms with Gasteiger partial charge in [-0.2, -0.15) is 0 Å². The molecule has 0 aliphatic carbocycles. The Kier molecular flexibility index (Phi) is 10.2. The second kappa shape index (κ2) is 17.4. The van der Waals surface area contributed by atoms with Crippen LogP contribution >= 0.6 is 0 Å². The predicted octanol–water partition coefficient (Wildman–Crippen LogP) is 18.4. The fourth-order valence-corrected chi connectivity index (χ4v) is 10.9. The van der Waals surface area contributed by atoms with E-state index < -0.39 is 0 Å². The third-order valence-corrected chi connectivity index (χ3v) is 13.9. The summed E-state index contributed by atoms with van der Waals surface area (Å²) in [6.45, 7) is 0. The van der Waals surface area contributed by atoms with Crippen LogP contribution in [0.25, 0.3) is 132 Å². The fourth-order valence-electron chi connectivity index (χ4n) is 10.9. The van der Waals surface area contributed by atoms with Gasteiger partial charge < -0.3 is 0 Å². The van der Waals surface area contributed by atoms with Gasteiger partial charge in [-0.3, -0.25) is 9.97 Å². The van der Waals surface area contributed by atoms with Crippen LogP contribution in [0.1, 0.15) is 0 Å². The van der Waals surface area contributed by atoms with Crippen molar-refractivity contribution >= 4 is 43.4 Å². The largest absolute Gasteiger partial charge is 0.254 e. The maximum absolute atomic E-state index is 4.83. The van der Waals surface area contributed by atoms with Gasteiger partial charge in [0.05, 0.1) is 11.0 Å². The van der Waals surface area contributed by atoms with Crippen molar-refractivity contribution in [3.05, 3.63) is 267 Å². The smallest absolute Gasteiger partial charge is 0.0970 e. The Morgan fingerprint density at radius 1 is 0.200 bits per heavy atom. The van der Waals surface area contributed by atoms with Gasteiger partial charge in [0.25, 0.3) is 0 Å². The molecule has 13 aromatic rings. The lowest BCUT2D eigenvalue weighted by molar-refractivity contribution is 1.37. The molecule has 11 aromatic carbocycles. The van der Waals surface area contributed by atoms with E-state index in [1.54, 1.807) is 0 Å². The number of aromatic nitrogens is 2. The topological polar surface area (TPSA) is 25.8 Å². The highest BCUT2D eigenvalue weighted by Gasteiger charge is 2.25. The first-order valence-corrected chi connectivity index (χ1v) is 24.0. The Labute approximate surface area is 407 Å². The first-order chi connectivity index (χ1) is 34.8. The van der Waals surface area contributed by atoms with Crippen molar-refractivity contribution < 1.29 is 0 Å². The Morgan fingerprint density at radius 2 is 0.571 bits per heavy atom. The molecule has 0 aliphatic rings. The van der Waals surface area contributed by atoms with E-state index in [2.05, 4.69) is 243 Å². The number of benzene rings is 11. The van der Waals surface area contributed by atoms with Crippen molar-refractivity contribution in [1.29, 1.82) is 0 Å². The van der Waals surface area contributed by atoms with Crippen LogP contribution in [-0.2, 0) is 0 Å². The summed E-state index contributed by atoms with van der Waals surface area (Å²) in [5.41, 5.74) is 20.8. The van der Waals surface area contributed by atoms with Crippen LogP contribution in [0, 0.1) is 0 Å². The molecule has 2 heterocycles. The van der Waals surface area contributed by atoms with E-state index in [4.69, 9.17) is 9.97 Å². The van der Waals surface area contributed by atoms with E-state index in [9.17, 15) is 0 Å². The molecule has 0 radical (unpaired) electrons. The van der Waals surface area contributed by atoms with Gasteiger partial charge in [-0.05, 0) is 147 Å². The van der Waals surface area contributed by atoms with Gasteiger partial charge in [-0.15, -0.1) is 0 Å². The molecule has 0 spiro atoms. The van der Waals surface area contributed by atoms with E-state index >= 15 is 0 Å². The summed E-state index contributed by atoms with van der Waals surface area (Å²) in [4.78, 5) is 9.57. The number of rotatable bonds is 8. The fraction of sp³-hybridized carbons (Fsp3) is 0. The molecule has 70 heavy (non-hydrogen) atoms. The first kappa shape index (κ1) is 41.0. The minimum absolute atomic E-state index is 0.916. The monoisotopic (exact) mass is 888 g/mol. The lowest BCUT2D eigenvalue weighted by Crippen LogP contribution is -1.98. The van der Waals surface area contributed by atoms with E-state index in [1.165, 1.54) is 93.9 Å². The summed E-state index contributed by atoms with van der Waals surface area (Å²) >= 11 is 0. The zero-order chi connectivity index (χ0) is 46.4. The van der Waals surface area contributed by atoms with Crippen LogP contribution in [0.2, 0.25) is 0 Å². The van der Waals surface area contributed by atoms with Gasteiger partial charge in [-0.25, -0.2) is 0 Å². The van der Waals surface area contributed by atoms with Gasteiger partial charge in [0.1, 0.15) is 0 Å². The molecule has 0 bridgehead atoms. The molecule has 0 unspecified atom stereocenters. The van der Waals surface area contributed by atoms with E-state index in [1.807, 2.05) is 24.5 Å². The standard InChI is InChI=1S/C68H44N2/c1-5-21-45(22-6-1)60-44-61(65(47-25-9-3-10-26-47)66(48-27-11-4-12-28-48)64(60)46-23-7-2-8-24-46)50-30-18-32-52(42-50)63-56-36-15-13-34-54(56)62(55-35-14-16-37-57(55)63)51-31-17-29-49(41-51)59-43-53-33-19-39-69-67(53)68-58(59)38-20-40-70-68/h1-44H. The average Bonchev–Trinajstić information content (AvgIpc) is 3.44. The lowest BCUT2D eigenvalue weighted by atomic mass is 9.78. The summed E-state index contributed by atoms with van der Waals surface area (Å²) < 4.78 is 0. The van der Waals surface area contributed by atoms with E-state index in [0.29, 0.717) is 0 Å². The van der Waals surface area contributed by atoms with Crippen LogP contribution < -0.4 is 0 Å². The number of fused-ring (bicyclic) bond motifs is 5. The normalized spacial score (nSPS) is 11.4. The molecule has 2 nitrogen and oxygen atoms in total. The average molecular weight is 889 g/mol.